The molecule has 0 spiro atoms. The Morgan fingerprint density at radius 3 is 3.00 bits per heavy atom. The molecule has 0 bridgehead atoms. The highest BCUT2D eigenvalue weighted by Gasteiger charge is 2.26. The van der Waals surface area contributed by atoms with Gasteiger partial charge in [0, 0.05) is 17.3 Å². The van der Waals surface area contributed by atoms with Gasteiger partial charge in [-0.05, 0) is 36.1 Å². The number of rotatable bonds is 1. The molecule has 1 aromatic carbocycles. The van der Waals surface area contributed by atoms with Gasteiger partial charge in [-0.25, -0.2) is 0 Å². The molecule has 0 fully saturated rings. The number of ketones is 1. The SMILES string of the molecule is COc1ccc2[nH]c3c(c2c1)C(C)CCC3=O. The van der Waals surface area contributed by atoms with Crippen LogP contribution in [0.3, 0.4) is 0 Å². The third-order valence-corrected chi connectivity index (χ3v) is 3.62. The highest BCUT2D eigenvalue weighted by molar-refractivity contribution is 6.04. The van der Waals surface area contributed by atoms with Crippen LogP contribution in [0, 0.1) is 0 Å². The Labute approximate surface area is 99.8 Å². The lowest BCUT2D eigenvalue weighted by Crippen LogP contribution is -2.12. The number of carbonyl (C=O) groups is 1. The summed E-state index contributed by atoms with van der Waals surface area (Å²) in [6, 6.07) is 5.91. The quantitative estimate of drug-likeness (QED) is 0.815. The number of hydrogen-bond donors (Lipinski definition) is 1. The molecular weight excluding hydrogens is 214 g/mol. The van der Waals surface area contributed by atoms with E-state index in [9.17, 15) is 4.79 Å². The monoisotopic (exact) mass is 229 g/mol. The third kappa shape index (κ3) is 1.46. The van der Waals surface area contributed by atoms with Crippen molar-refractivity contribution in [3.63, 3.8) is 0 Å². The van der Waals surface area contributed by atoms with Crippen LogP contribution >= 0.6 is 0 Å². The molecule has 17 heavy (non-hydrogen) atoms. The number of aromatic nitrogens is 1. The Morgan fingerprint density at radius 1 is 1.41 bits per heavy atom. The maximum atomic E-state index is 11.9. The molecule has 2 aromatic rings. The first-order valence-electron chi connectivity index (χ1n) is 5.93. The molecule has 1 unspecified atom stereocenters. The van der Waals surface area contributed by atoms with Gasteiger partial charge < -0.3 is 9.72 Å². The summed E-state index contributed by atoms with van der Waals surface area (Å²) < 4.78 is 5.25. The topological polar surface area (TPSA) is 42.1 Å². The van der Waals surface area contributed by atoms with E-state index in [1.807, 2.05) is 18.2 Å². The first-order valence-corrected chi connectivity index (χ1v) is 5.93. The highest BCUT2D eigenvalue weighted by atomic mass is 16.5. The van der Waals surface area contributed by atoms with Gasteiger partial charge in [-0.1, -0.05) is 6.92 Å². The van der Waals surface area contributed by atoms with Gasteiger partial charge in [0.05, 0.1) is 12.8 Å². The van der Waals surface area contributed by atoms with E-state index in [2.05, 4.69) is 11.9 Å². The van der Waals surface area contributed by atoms with E-state index < -0.39 is 0 Å². The number of carbonyl (C=O) groups excluding carboxylic acids is 1. The number of H-pyrrole nitrogens is 1. The van der Waals surface area contributed by atoms with Crippen LogP contribution in [-0.4, -0.2) is 17.9 Å². The van der Waals surface area contributed by atoms with Gasteiger partial charge in [-0.15, -0.1) is 0 Å². The van der Waals surface area contributed by atoms with Crippen molar-refractivity contribution in [2.24, 2.45) is 0 Å². The molecule has 3 heteroatoms. The Hall–Kier alpha value is -1.77. The van der Waals surface area contributed by atoms with Crippen LogP contribution in [0.25, 0.3) is 10.9 Å². The lowest BCUT2D eigenvalue weighted by molar-refractivity contribution is 0.0964. The van der Waals surface area contributed by atoms with E-state index in [0.29, 0.717) is 12.3 Å². The largest absolute Gasteiger partial charge is 0.497 e. The number of benzene rings is 1. The average molecular weight is 229 g/mol. The molecule has 0 saturated carbocycles. The van der Waals surface area contributed by atoms with E-state index in [1.54, 1.807) is 7.11 Å². The summed E-state index contributed by atoms with van der Waals surface area (Å²) in [5, 5.41) is 1.12. The van der Waals surface area contributed by atoms with Crippen LogP contribution in [0.4, 0.5) is 0 Å². The fourth-order valence-electron chi connectivity index (χ4n) is 2.67. The molecule has 88 valence electrons. The predicted octanol–water partition coefficient (Wildman–Crippen LogP) is 3.26. The van der Waals surface area contributed by atoms with Crippen molar-refractivity contribution in [1.29, 1.82) is 0 Å². The molecule has 1 aliphatic rings. The van der Waals surface area contributed by atoms with E-state index in [0.717, 1.165) is 34.3 Å². The summed E-state index contributed by atoms with van der Waals surface area (Å²) in [4.78, 5) is 15.1. The molecule has 1 aliphatic carbocycles. The normalized spacial score (nSPS) is 19.4. The Balaban J connectivity index is 2.31. The minimum atomic E-state index is 0.230. The van der Waals surface area contributed by atoms with Crippen molar-refractivity contribution >= 4 is 16.7 Å². The molecule has 3 nitrogen and oxygen atoms in total. The lowest BCUT2D eigenvalue weighted by Gasteiger charge is -2.17. The molecular formula is C14H15NO2. The van der Waals surface area contributed by atoms with E-state index in [4.69, 9.17) is 4.74 Å². The molecule has 1 N–H and O–H groups in total. The molecule has 1 aromatic heterocycles. The maximum Gasteiger partial charge on any atom is 0.179 e. The second-order valence-corrected chi connectivity index (χ2v) is 4.69. The van der Waals surface area contributed by atoms with Crippen molar-refractivity contribution in [2.75, 3.05) is 7.11 Å². The van der Waals surface area contributed by atoms with Gasteiger partial charge in [0.25, 0.3) is 0 Å². The molecule has 3 rings (SSSR count). The second-order valence-electron chi connectivity index (χ2n) is 4.69. The van der Waals surface area contributed by atoms with Crippen LogP contribution in [0.15, 0.2) is 18.2 Å². The van der Waals surface area contributed by atoms with Crippen LogP contribution < -0.4 is 4.74 Å². The first-order chi connectivity index (χ1) is 8.20. The van der Waals surface area contributed by atoms with Crippen LogP contribution in [0.2, 0.25) is 0 Å². The summed E-state index contributed by atoms with van der Waals surface area (Å²) in [6.45, 7) is 2.18. The van der Waals surface area contributed by atoms with Gasteiger partial charge in [0.2, 0.25) is 0 Å². The number of hydrogen-bond acceptors (Lipinski definition) is 2. The van der Waals surface area contributed by atoms with Gasteiger partial charge in [-0.2, -0.15) is 0 Å². The Morgan fingerprint density at radius 2 is 2.24 bits per heavy atom. The number of ether oxygens (including phenoxy) is 1. The summed E-state index contributed by atoms with van der Waals surface area (Å²) in [5.74, 6) is 1.50. The van der Waals surface area contributed by atoms with Gasteiger partial charge >= 0.3 is 0 Å². The molecule has 0 amide bonds. The highest BCUT2D eigenvalue weighted by Crippen LogP contribution is 2.37. The number of methoxy groups -OCH3 is 1. The van der Waals surface area contributed by atoms with Crippen molar-refractivity contribution in [3.8, 4) is 5.75 Å². The summed E-state index contributed by atoms with van der Waals surface area (Å²) in [6.07, 6.45) is 1.59. The standard InChI is InChI=1S/C14H15NO2/c1-8-3-6-12(16)14-13(8)10-7-9(17-2)4-5-11(10)15-14/h4-5,7-8,15H,3,6H2,1-2H3. The zero-order chi connectivity index (χ0) is 12.0. The fourth-order valence-corrected chi connectivity index (χ4v) is 2.67. The zero-order valence-electron chi connectivity index (χ0n) is 10.0. The van der Waals surface area contributed by atoms with E-state index >= 15 is 0 Å². The smallest absolute Gasteiger partial charge is 0.179 e. The van der Waals surface area contributed by atoms with Gasteiger partial charge in [0.1, 0.15) is 5.75 Å². The van der Waals surface area contributed by atoms with Gasteiger partial charge in [-0.3, -0.25) is 4.79 Å². The number of Topliss-reactive ketones (excluding diaryl/α,β-unsaturated/α-hetero) is 1. The third-order valence-electron chi connectivity index (χ3n) is 3.62. The fraction of sp³-hybridized carbons (Fsp3) is 0.357. The Kier molecular flexibility index (Phi) is 2.21. The van der Waals surface area contributed by atoms with Crippen molar-refractivity contribution < 1.29 is 9.53 Å². The lowest BCUT2D eigenvalue weighted by atomic mass is 9.86. The van der Waals surface area contributed by atoms with Crippen molar-refractivity contribution in [3.05, 3.63) is 29.5 Å². The summed E-state index contributed by atoms with van der Waals surface area (Å²) in [7, 11) is 1.66. The number of fused-ring (bicyclic) bond motifs is 3. The van der Waals surface area contributed by atoms with Crippen molar-refractivity contribution in [1.82, 2.24) is 4.98 Å². The maximum absolute atomic E-state index is 11.9. The molecule has 0 radical (unpaired) electrons. The molecule has 0 saturated heterocycles. The summed E-state index contributed by atoms with van der Waals surface area (Å²) >= 11 is 0. The van der Waals surface area contributed by atoms with Crippen molar-refractivity contribution in [2.45, 2.75) is 25.7 Å². The Bertz CT molecular complexity index is 598. The number of nitrogens with one attached hydrogen (secondary N) is 1. The molecule has 0 aliphatic heterocycles. The molecule has 1 atom stereocenters. The minimum Gasteiger partial charge on any atom is -0.497 e. The summed E-state index contributed by atoms with van der Waals surface area (Å²) in [5.41, 5.74) is 2.99. The minimum absolute atomic E-state index is 0.230. The average Bonchev–Trinajstić information content (AvgIpc) is 2.73. The van der Waals surface area contributed by atoms with E-state index in [-0.39, 0.29) is 5.78 Å². The zero-order valence-corrected chi connectivity index (χ0v) is 10.0. The van der Waals surface area contributed by atoms with Crippen LogP contribution in [0.5, 0.6) is 5.75 Å². The number of aromatic amines is 1. The molecule has 1 heterocycles. The second kappa shape index (κ2) is 3.62. The van der Waals surface area contributed by atoms with Gasteiger partial charge in [0.15, 0.2) is 5.78 Å². The van der Waals surface area contributed by atoms with Crippen LogP contribution in [0.1, 0.15) is 41.7 Å². The predicted molar refractivity (Wildman–Crippen MR) is 66.8 cm³/mol. The van der Waals surface area contributed by atoms with Crippen LogP contribution in [-0.2, 0) is 0 Å². The first kappa shape index (κ1) is 10.4. The van der Waals surface area contributed by atoms with E-state index in [1.165, 1.54) is 0 Å².